The Morgan fingerprint density at radius 3 is 2.71 bits per heavy atom. The van der Waals surface area contributed by atoms with Crippen molar-refractivity contribution in [3.63, 3.8) is 0 Å². The molecule has 2 saturated heterocycles. The van der Waals surface area contributed by atoms with Gasteiger partial charge in [-0.1, -0.05) is 13.8 Å². The van der Waals surface area contributed by atoms with E-state index in [0.717, 1.165) is 0 Å². The smallest absolute Gasteiger partial charge is 0.246 e. The lowest BCUT2D eigenvalue weighted by Crippen LogP contribution is -2.56. The van der Waals surface area contributed by atoms with Crippen molar-refractivity contribution in [2.75, 3.05) is 6.54 Å². The molecule has 2 aliphatic rings. The highest BCUT2D eigenvalue weighted by molar-refractivity contribution is 5.96. The zero-order valence-corrected chi connectivity index (χ0v) is 16.0. The van der Waals surface area contributed by atoms with Gasteiger partial charge in [-0.05, 0) is 18.8 Å². The number of nitrogens with zero attached hydrogens (tertiary/aromatic N) is 2. The number of H-pyrrole nitrogens is 1. The normalized spacial score (nSPS) is 28.1. The van der Waals surface area contributed by atoms with E-state index in [9.17, 15) is 19.2 Å². The van der Waals surface area contributed by atoms with E-state index in [-0.39, 0.29) is 30.1 Å². The molecule has 152 valence electrons. The maximum Gasteiger partial charge on any atom is 0.246 e. The van der Waals surface area contributed by atoms with Crippen LogP contribution >= 0.6 is 0 Å². The van der Waals surface area contributed by atoms with Gasteiger partial charge in [0.1, 0.15) is 18.1 Å². The highest BCUT2D eigenvalue weighted by atomic mass is 16.2. The number of aromatic amines is 1. The number of aromatic nitrogens is 2. The fourth-order valence-electron chi connectivity index (χ4n) is 3.85. The van der Waals surface area contributed by atoms with Crippen molar-refractivity contribution in [2.24, 2.45) is 17.6 Å². The second kappa shape index (κ2) is 7.99. The Balaban J connectivity index is 1.77. The van der Waals surface area contributed by atoms with Gasteiger partial charge in [-0.3, -0.25) is 19.2 Å². The quantitative estimate of drug-likeness (QED) is 0.475. The number of hydrogen-bond donors (Lipinski definition) is 4. The third-order valence-corrected chi connectivity index (χ3v) is 5.77. The van der Waals surface area contributed by atoms with Crippen LogP contribution in [-0.2, 0) is 25.6 Å². The molecule has 2 aliphatic heterocycles. The minimum absolute atomic E-state index is 0.183. The number of nitrogens with two attached hydrogens (primary N) is 1. The molecule has 10 nitrogen and oxygen atoms in total. The molecule has 4 amide bonds. The maximum absolute atomic E-state index is 13.1. The van der Waals surface area contributed by atoms with E-state index >= 15 is 0 Å². The molecule has 2 fully saturated rings. The van der Waals surface area contributed by atoms with Gasteiger partial charge in [0.25, 0.3) is 0 Å². The van der Waals surface area contributed by atoms with Crippen molar-refractivity contribution in [1.29, 1.82) is 0 Å². The molecule has 0 saturated carbocycles. The number of carbonyl (C=O) groups is 4. The van der Waals surface area contributed by atoms with E-state index in [0.29, 0.717) is 25.1 Å². The van der Waals surface area contributed by atoms with Gasteiger partial charge in [-0.2, -0.15) is 0 Å². The third-order valence-electron chi connectivity index (χ3n) is 5.77. The minimum atomic E-state index is -0.895. The Hall–Kier alpha value is -2.91. The summed E-state index contributed by atoms with van der Waals surface area (Å²) in [5.41, 5.74) is 6.10. The Labute approximate surface area is 162 Å². The molecule has 3 heterocycles. The minimum Gasteiger partial charge on any atom is -0.368 e. The van der Waals surface area contributed by atoms with Crippen molar-refractivity contribution >= 4 is 23.6 Å². The van der Waals surface area contributed by atoms with Crippen LogP contribution in [0.25, 0.3) is 0 Å². The number of carbonyl (C=O) groups excluding carboxylic acids is 4. The second-order valence-electron chi connectivity index (χ2n) is 7.57. The molecule has 5 atom stereocenters. The van der Waals surface area contributed by atoms with Crippen molar-refractivity contribution < 1.29 is 19.2 Å². The average Bonchev–Trinajstić information content (AvgIpc) is 3.38. The lowest BCUT2D eigenvalue weighted by molar-refractivity contribution is -0.141. The Morgan fingerprint density at radius 2 is 2.14 bits per heavy atom. The summed E-state index contributed by atoms with van der Waals surface area (Å²) in [4.78, 5) is 57.8. The van der Waals surface area contributed by atoms with Crippen LogP contribution in [0.15, 0.2) is 12.5 Å². The van der Waals surface area contributed by atoms with E-state index in [2.05, 4.69) is 20.6 Å². The maximum atomic E-state index is 13.1. The van der Waals surface area contributed by atoms with Gasteiger partial charge in [0, 0.05) is 30.8 Å². The molecule has 2 unspecified atom stereocenters. The summed E-state index contributed by atoms with van der Waals surface area (Å²) in [6.07, 6.45) is 4.44. The summed E-state index contributed by atoms with van der Waals surface area (Å²) in [6.45, 7) is 4.00. The number of rotatable bonds is 6. The van der Waals surface area contributed by atoms with Crippen molar-refractivity contribution in [2.45, 2.75) is 51.2 Å². The lowest BCUT2D eigenvalue weighted by atomic mass is 9.93. The van der Waals surface area contributed by atoms with E-state index in [1.165, 1.54) is 11.2 Å². The standard InChI is InChI=1S/C18H26N6O4/c1-9-10(2)16(26)23-14(9)17(27)22-12(6-11-7-20-8-21-11)18(28)24-5-3-4-13(24)15(19)25/h7-10,12-14H,3-6H2,1-2H3,(H2,19,25)(H,20,21)(H,22,27)(H,23,26)/t9?,10?,12-,13-,14-/m0/s1. The number of primary amides is 1. The molecular weight excluding hydrogens is 364 g/mol. The van der Waals surface area contributed by atoms with Crippen LogP contribution in [0.3, 0.4) is 0 Å². The van der Waals surface area contributed by atoms with Crippen LogP contribution in [0.2, 0.25) is 0 Å². The fourth-order valence-corrected chi connectivity index (χ4v) is 3.85. The monoisotopic (exact) mass is 390 g/mol. The first kappa shape index (κ1) is 19.8. The van der Waals surface area contributed by atoms with E-state index in [1.807, 2.05) is 6.92 Å². The van der Waals surface area contributed by atoms with Crippen LogP contribution < -0.4 is 16.4 Å². The topological polar surface area (TPSA) is 150 Å². The zero-order chi connectivity index (χ0) is 20.4. The number of amides is 4. The van der Waals surface area contributed by atoms with Crippen molar-refractivity contribution in [3.05, 3.63) is 18.2 Å². The molecule has 0 bridgehead atoms. The summed E-state index contributed by atoms with van der Waals surface area (Å²) in [5, 5.41) is 5.44. The molecule has 1 aromatic rings. The van der Waals surface area contributed by atoms with Gasteiger partial charge in [0.15, 0.2) is 0 Å². The molecule has 0 aromatic carbocycles. The van der Waals surface area contributed by atoms with Crippen LogP contribution in [0.1, 0.15) is 32.4 Å². The summed E-state index contributed by atoms with van der Waals surface area (Å²) in [7, 11) is 0. The number of nitrogens with one attached hydrogen (secondary N) is 3. The largest absolute Gasteiger partial charge is 0.368 e. The van der Waals surface area contributed by atoms with E-state index in [4.69, 9.17) is 5.73 Å². The van der Waals surface area contributed by atoms with Gasteiger partial charge >= 0.3 is 0 Å². The van der Waals surface area contributed by atoms with Crippen molar-refractivity contribution in [3.8, 4) is 0 Å². The van der Waals surface area contributed by atoms with Crippen LogP contribution in [0, 0.1) is 11.8 Å². The van der Waals surface area contributed by atoms with Crippen LogP contribution in [0.4, 0.5) is 0 Å². The second-order valence-corrected chi connectivity index (χ2v) is 7.57. The van der Waals surface area contributed by atoms with E-state index in [1.54, 1.807) is 13.1 Å². The molecule has 0 aliphatic carbocycles. The number of hydrogen-bond acceptors (Lipinski definition) is 5. The van der Waals surface area contributed by atoms with Gasteiger partial charge in [-0.25, -0.2) is 4.98 Å². The Morgan fingerprint density at radius 1 is 1.39 bits per heavy atom. The molecule has 0 radical (unpaired) electrons. The Bertz CT molecular complexity index is 764. The summed E-state index contributed by atoms with van der Waals surface area (Å²) in [5.74, 6) is -2.00. The van der Waals surface area contributed by atoms with E-state index < -0.39 is 29.9 Å². The molecular formula is C18H26N6O4. The molecule has 3 rings (SSSR count). The van der Waals surface area contributed by atoms with Crippen LogP contribution in [-0.4, -0.2) is 63.2 Å². The molecule has 5 N–H and O–H groups in total. The highest BCUT2D eigenvalue weighted by Crippen LogP contribution is 2.23. The zero-order valence-electron chi connectivity index (χ0n) is 16.0. The van der Waals surface area contributed by atoms with Crippen LogP contribution in [0.5, 0.6) is 0 Å². The van der Waals surface area contributed by atoms with Crippen molar-refractivity contribution in [1.82, 2.24) is 25.5 Å². The predicted octanol–water partition coefficient (Wildman–Crippen LogP) is -1.32. The number of imidazole rings is 1. The summed E-state index contributed by atoms with van der Waals surface area (Å²) in [6, 6.07) is -2.27. The molecule has 0 spiro atoms. The summed E-state index contributed by atoms with van der Waals surface area (Å²) < 4.78 is 0. The molecule has 10 heteroatoms. The fraction of sp³-hybridized carbons (Fsp3) is 0.611. The average molecular weight is 390 g/mol. The molecule has 1 aromatic heterocycles. The first-order valence-electron chi connectivity index (χ1n) is 9.47. The summed E-state index contributed by atoms with van der Waals surface area (Å²) >= 11 is 0. The first-order valence-corrected chi connectivity index (χ1v) is 9.47. The van der Waals surface area contributed by atoms with Gasteiger partial charge in [-0.15, -0.1) is 0 Å². The van der Waals surface area contributed by atoms with Gasteiger partial charge in [0.05, 0.1) is 6.33 Å². The molecule has 28 heavy (non-hydrogen) atoms. The first-order chi connectivity index (χ1) is 13.3. The third kappa shape index (κ3) is 3.85. The Kier molecular flexibility index (Phi) is 5.66. The number of likely N-dealkylation sites (tertiary alicyclic amines) is 1. The van der Waals surface area contributed by atoms with Gasteiger partial charge in [0.2, 0.25) is 23.6 Å². The highest BCUT2D eigenvalue weighted by Gasteiger charge is 2.42. The lowest BCUT2D eigenvalue weighted by Gasteiger charge is -2.28. The predicted molar refractivity (Wildman–Crippen MR) is 98.4 cm³/mol. The SMILES string of the molecule is CC1C(=O)N[C@H](C(=O)N[C@@H](Cc2cnc[nH]2)C(=O)N2CCC[C@H]2C(N)=O)C1C. The van der Waals surface area contributed by atoms with Gasteiger partial charge < -0.3 is 26.3 Å².